The first-order valence-electron chi connectivity index (χ1n) is 22.5. The van der Waals surface area contributed by atoms with Crippen molar-refractivity contribution >= 4 is 77.0 Å². The minimum atomic E-state index is -2.04. The fourth-order valence-corrected chi connectivity index (χ4v) is 6.02. The van der Waals surface area contributed by atoms with Crippen molar-refractivity contribution < 1.29 is 108 Å². The number of amides is 9. The summed E-state index contributed by atoms with van der Waals surface area (Å²) in [5.41, 5.74) is 5.83. The lowest BCUT2D eigenvalue weighted by atomic mass is 10.0. The molecule has 9 amide bonds. The third-order valence-corrected chi connectivity index (χ3v) is 10.3. The number of hydrogen-bond acceptors (Lipinski definition) is 19. The molecular formula is C41H68N10O22. The smallest absolute Gasteiger partial charge is 0.328 e. The molecule has 0 spiro atoms. The molecule has 0 bridgehead atoms. The van der Waals surface area contributed by atoms with E-state index >= 15 is 0 Å². The van der Waals surface area contributed by atoms with Gasteiger partial charge in [-0.25, -0.2) is 4.79 Å². The van der Waals surface area contributed by atoms with E-state index in [9.17, 15) is 93.0 Å². The van der Waals surface area contributed by atoms with Crippen molar-refractivity contribution in [3.8, 4) is 0 Å². The average molecular weight is 1050 g/mol. The maximum atomic E-state index is 13.5. The third kappa shape index (κ3) is 24.7. The quantitative estimate of drug-likeness (QED) is 0.0277. The summed E-state index contributed by atoms with van der Waals surface area (Å²) in [6, 6.07) is -17.6. The highest BCUT2D eigenvalue weighted by Gasteiger charge is 2.36. The van der Waals surface area contributed by atoms with Gasteiger partial charge < -0.3 is 99.5 Å². The first-order chi connectivity index (χ1) is 34.1. The van der Waals surface area contributed by atoms with Gasteiger partial charge in [-0.15, -0.1) is 0 Å². The Morgan fingerprint density at radius 3 is 0.795 bits per heavy atom. The Morgan fingerprint density at radius 2 is 0.562 bits per heavy atom. The van der Waals surface area contributed by atoms with E-state index in [1.54, 1.807) is 27.7 Å². The number of aliphatic hydroxyl groups excluding tert-OH is 5. The maximum Gasteiger partial charge on any atom is 0.328 e. The molecule has 0 saturated heterocycles. The van der Waals surface area contributed by atoms with Gasteiger partial charge in [-0.05, 0) is 37.5 Å². The highest BCUT2D eigenvalue weighted by atomic mass is 16.4. The van der Waals surface area contributed by atoms with Gasteiger partial charge in [-0.2, -0.15) is 0 Å². The number of hydrogen-bond donors (Lipinski definition) is 19. The number of nitrogens with two attached hydrogens (primary N) is 1. The van der Waals surface area contributed by atoms with Gasteiger partial charge in [-0.1, -0.05) is 27.7 Å². The number of rotatable bonds is 36. The predicted octanol–water partition coefficient (Wildman–Crippen LogP) is -8.98. The van der Waals surface area contributed by atoms with Gasteiger partial charge in [0.2, 0.25) is 53.2 Å². The van der Waals surface area contributed by atoms with Gasteiger partial charge in [0.05, 0.1) is 39.1 Å². The van der Waals surface area contributed by atoms with Crippen LogP contribution in [-0.4, -0.2) is 216 Å². The Balaban J connectivity index is 6.18. The lowest BCUT2D eigenvalue weighted by molar-refractivity contribution is -0.144. The van der Waals surface area contributed by atoms with Crippen molar-refractivity contribution in [3.05, 3.63) is 0 Å². The molecule has 0 aromatic carbocycles. The normalized spacial score (nSPS) is 15.2. The van der Waals surface area contributed by atoms with Crippen LogP contribution in [0.1, 0.15) is 72.6 Å². The molecule has 32 heteroatoms. The number of aliphatic hydroxyl groups is 5. The molecule has 20 N–H and O–H groups in total. The van der Waals surface area contributed by atoms with Crippen molar-refractivity contribution in [1.82, 2.24) is 47.9 Å². The Hall–Kier alpha value is -7.13. The summed E-state index contributed by atoms with van der Waals surface area (Å²) in [5, 5.41) is 105. The number of carboxylic acids is 4. The summed E-state index contributed by atoms with van der Waals surface area (Å²) >= 11 is 0. The van der Waals surface area contributed by atoms with Gasteiger partial charge in [-0.3, -0.25) is 57.5 Å². The SMILES string of the molecule is CC(C)C[C@H](NC(=O)[C@H](CO)NC(=O)[C@H](CCC(=O)O)NC(=O)[C@@H](N)C(C)C)C(=O)N[C@@H](CO)C(=O)N[C@@H](CO)C(=O)N[C@@H](CO)C(=O)N[C@@H](CCC(=O)O)C(=O)N[C@@H](CCC(=O)O)C(=O)N[C@@H](CO)C(=O)O. The molecule has 0 aliphatic heterocycles. The first kappa shape index (κ1) is 65.9. The number of carbonyl (C=O) groups is 13. The monoisotopic (exact) mass is 1050 g/mol. The second kappa shape index (κ2) is 33.5. The molecule has 73 heavy (non-hydrogen) atoms. The van der Waals surface area contributed by atoms with E-state index in [-0.39, 0.29) is 12.3 Å². The van der Waals surface area contributed by atoms with Crippen LogP contribution < -0.4 is 53.6 Å². The van der Waals surface area contributed by atoms with E-state index in [1.807, 2.05) is 21.3 Å². The summed E-state index contributed by atoms with van der Waals surface area (Å²) in [5.74, 6) is -17.8. The Kier molecular flexibility index (Phi) is 30.2. The minimum absolute atomic E-state index is 0.169. The van der Waals surface area contributed by atoms with Crippen LogP contribution in [0.15, 0.2) is 0 Å². The fourth-order valence-electron chi connectivity index (χ4n) is 6.02. The standard InChI is InChI=1S/C41H68N10O22/c1-17(2)11-22(46-37(68)24(13-53)47-33(64)21(7-10-30(61)62)45-40(71)31(42)18(3)4)35(66)48-25(14-54)38(69)50-26(15-55)39(70)49-23(12-52)36(67)44-19(5-8-28(57)58)32(63)43-20(6-9-29(59)60)34(65)51-27(16-56)41(72)73/h17-27,31,52-56H,5-16,42H2,1-4H3,(H,43,63)(H,44,67)(H,45,71)(H,46,68)(H,47,64)(H,48,66)(H,49,70)(H,50,69)(H,51,65)(H,57,58)(H,59,60)(H,61,62)(H,72,73)/t19-,20-,21-,22-,23-,24-,25-,26-,27-,31-/m0/s1. The zero-order valence-corrected chi connectivity index (χ0v) is 40.3. The summed E-state index contributed by atoms with van der Waals surface area (Å²) in [4.78, 5) is 164. The van der Waals surface area contributed by atoms with Crippen LogP contribution in [0.5, 0.6) is 0 Å². The van der Waals surface area contributed by atoms with Crippen LogP contribution in [0.25, 0.3) is 0 Å². The third-order valence-electron chi connectivity index (χ3n) is 10.3. The molecule has 0 radical (unpaired) electrons. The van der Waals surface area contributed by atoms with Gasteiger partial charge in [0, 0.05) is 19.3 Å². The molecule has 0 aliphatic rings. The van der Waals surface area contributed by atoms with E-state index in [0.717, 1.165) is 0 Å². The molecule has 10 atom stereocenters. The van der Waals surface area contributed by atoms with Gasteiger partial charge in [0.25, 0.3) is 0 Å². The van der Waals surface area contributed by atoms with E-state index in [1.165, 1.54) is 0 Å². The summed E-state index contributed by atoms with van der Waals surface area (Å²) in [7, 11) is 0. The molecular weight excluding hydrogens is 984 g/mol. The van der Waals surface area contributed by atoms with Crippen molar-refractivity contribution in [3.63, 3.8) is 0 Å². The molecule has 414 valence electrons. The molecule has 32 nitrogen and oxygen atoms in total. The van der Waals surface area contributed by atoms with Crippen LogP contribution in [0.2, 0.25) is 0 Å². The topological polar surface area (TPSA) is 538 Å². The Morgan fingerprint density at radius 1 is 0.342 bits per heavy atom. The van der Waals surface area contributed by atoms with Crippen molar-refractivity contribution in [2.75, 3.05) is 33.0 Å². The molecule has 0 aliphatic carbocycles. The molecule has 0 fully saturated rings. The molecule has 0 unspecified atom stereocenters. The van der Waals surface area contributed by atoms with Crippen LogP contribution in [0.4, 0.5) is 0 Å². The van der Waals surface area contributed by atoms with E-state index in [0.29, 0.717) is 0 Å². The summed E-state index contributed by atoms with van der Waals surface area (Å²) in [6.07, 6.45) is -4.23. The Bertz CT molecular complexity index is 1960. The number of carbonyl (C=O) groups excluding carboxylic acids is 9. The lowest BCUT2D eigenvalue weighted by Gasteiger charge is -2.27. The molecule has 0 rings (SSSR count). The summed E-state index contributed by atoms with van der Waals surface area (Å²) in [6.45, 7) is 0.578. The zero-order valence-electron chi connectivity index (χ0n) is 40.3. The average Bonchev–Trinajstić information content (AvgIpc) is 3.31. The zero-order chi connectivity index (χ0) is 56.3. The van der Waals surface area contributed by atoms with Crippen molar-refractivity contribution in [2.24, 2.45) is 17.6 Å². The molecule has 0 saturated carbocycles. The van der Waals surface area contributed by atoms with Crippen LogP contribution >= 0.6 is 0 Å². The predicted molar refractivity (Wildman–Crippen MR) is 243 cm³/mol. The van der Waals surface area contributed by atoms with E-state index in [2.05, 4.69) is 26.6 Å². The van der Waals surface area contributed by atoms with Crippen LogP contribution in [0.3, 0.4) is 0 Å². The first-order valence-corrected chi connectivity index (χ1v) is 22.5. The van der Waals surface area contributed by atoms with Crippen LogP contribution in [-0.2, 0) is 62.3 Å². The number of nitrogens with one attached hydrogen (secondary N) is 9. The minimum Gasteiger partial charge on any atom is -0.481 e. The van der Waals surface area contributed by atoms with E-state index in [4.69, 9.17) is 21.1 Å². The highest BCUT2D eigenvalue weighted by Crippen LogP contribution is 2.09. The van der Waals surface area contributed by atoms with Crippen LogP contribution in [0, 0.1) is 11.8 Å². The van der Waals surface area contributed by atoms with Gasteiger partial charge >= 0.3 is 23.9 Å². The van der Waals surface area contributed by atoms with Crippen molar-refractivity contribution in [2.45, 2.75) is 133 Å². The highest BCUT2D eigenvalue weighted by molar-refractivity contribution is 5.99. The lowest BCUT2D eigenvalue weighted by Crippen LogP contribution is -2.62. The fraction of sp³-hybridized carbons (Fsp3) is 0.683. The molecule has 0 heterocycles. The largest absolute Gasteiger partial charge is 0.481 e. The number of carboxylic acid groups (broad SMARTS) is 4. The van der Waals surface area contributed by atoms with Crippen molar-refractivity contribution in [1.29, 1.82) is 0 Å². The second-order valence-corrected chi connectivity index (χ2v) is 17.0. The maximum absolute atomic E-state index is 13.5. The summed E-state index contributed by atoms with van der Waals surface area (Å²) < 4.78 is 0. The molecule has 0 aromatic rings. The molecule has 0 aromatic heterocycles. The van der Waals surface area contributed by atoms with E-state index < -0.39 is 215 Å². The van der Waals surface area contributed by atoms with Gasteiger partial charge in [0.15, 0.2) is 0 Å². The number of aliphatic carboxylic acids is 4. The Labute approximate surface area is 416 Å². The second-order valence-electron chi connectivity index (χ2n) is 17.0. The van der Waals surface area contributed by atoms with Gasteiger partial charge in [0.1, 0.15) is 54.4 Å².